The molecule has 1 aliphatic rings. The van der Waals surface area contributed by atoms with Crippen molar-refractivity contribution in [2.45, 2.75) is 32.3 Å². The molecule has 2 aromatic rings. The summed E-state index contributed by atoms with van der Waals surface area (Å²) in [5.41, 5.74) is 2.28. The molecule has 0 saturated carbocycles. The zero-order valence-corrected chi connectivity index (χ0v) is 13.3. The van der Waals surface area contributed by atoms with Gasteiger partial charge < -0.3 is 10.0 Å². The highest BCUT2D eigenvalue weighted by molar-refractivity contribution is 7.10. The molecule has 0 aliphatic carbocycles. The van der Waals surface area contributed by atoms with E-state index in [-0.39, 0.29) is 5.91 Å². The van der Waals surface area contributed by atoms with Gasteiger partial charge in [-0.1, -0.05) is 12.1 Å². The molecular formula is C17H19NO2S. The Hall–Kier alpha value is -1.65. The van der Waals surface area contributed by atoms with Crippen LogP contribution in [0, 0.1) is 0 Å². The van der Waals surface area contributed by atoms with Crippen LogP contribution in [0.5, 0.6) is 0 Å². The van der Waals surface area contributed by atoms with E-state index in [2.05, 4.69) is 0 Å². The molecule has 21 heavy (non-hydrogen) atoms. The van der Waals surface area contributed by atoms with Gasteiger partial charge in [0.15, 0.2) is 0 Å². The van der Waals surface area contributed by atoms with Crippen LogP contribution >= 0.6 is 11.3 Å². The Balaban J connectivity index is 2.07. The van der Waals surface area contributed by atoms with E-state index in [1.54, 1.807) is 0 Å². The van der Waals surface area contributed by atoms with Crippen molar-refractivity contribution in [3.05, 3.63) is 51.7 Å². The minimum atomic E-state index is -0.628. The molecule has 3 nitrogen and oxygen atoms in total. The highest BCUT2D eigenvalue weighted by Gasteiger charge is 2.43. The van der Waals surface area contributed by atoms with E-state index < -0.39 is 11.5 Å². The predicted molar refractivity (Wildman–Crippen MR) is 85.9 cm³/mol. The summed E-state index contributed by atoms with van der Waals surface area (Å²) in [6, 6.07) is 9.71. The number of carbonyl (C=O) groups excluding carboxylic acids is 1. The quantitative estimate of drug-likeness (QED) is 0.943. The Morgan fingerprint density at radius 1 is 1.33 bits per heavy atom. The van der Waals surface area contributed by atoms with Crippen LogP contribution in [-0.2, 0) is 10.2 Å². The van der Waals surface area contributed by atoms with Crippen LogP contribution in [0.25, 0.3) is 0 Å². The first kappa shape index (κ1) is 14.3. The van der Waals surface area contributed by atoms with Gasteiger partial charge >= 0.3 is 0 Å². The highest BCUT2D eigenvalue weighted by atomic mass is 32.1. The van der Waals surface area contributed by atoms with Crippen LogP contribution in [0.15, 0.2) is 35.7 Å². The number of anilines is 1. The predicted octanol–water partition coefficient (Wildman–Crippen LogP) is 3.47. The van der Waals surface area contributed by atoms with E-state index >= 15 is 0 Å². The fourth-order valence-corrected chi connectivity index (χ4v) is 3.68. The molecule has 2 heterocycles. The van der Waals surface area contributed by atoms with Gasteiger partial charge in [-0.05, 0) is 55.5 Å². The molecule has 1 aromatic heterocycles. The van der Waals surface area contributed by atoms with Gasteiger partial charge in [0.25, 0.3) is 0 Å². The smallest absolute Gasteiger partial charge is 0.237 e. The average Bonchev–Trinajstić information content (AvgIpc) is 3.06. The van der Waals surface area contributed by atoms with E-state index in [0.29, 0.717) is 6.54 Å². The lowest BCUT2D eigenvalue weighted by Gasteiger charge is -2.18. The van der Waals surface area contributed by atoms with E-state index in [1.165, 1.54) is 11.3 Å². The van der Waals surface area contributed by atoms with Gasteiger partial charge in [-0.2, -0.15) is 0 Å². The summed E-state index contributed by atoms with van der Waals surface area (Å²) in [5, 5.41) is 12.4. The summed E-state index contributed by atoms with van der Waals surface area (Å²) >= 11 is 1.54. The lowest BCUT2D eigenvalue weighted by atomic mass is 9.85. The van der Waals surface area contributed by atoms with Crippen molar-refractivity contribution in [1.82, 2.24) is 0 Å². The van der Waals surface area contributed by atoms with E-state index in [9.17, 15) is 9.90 Å². The van der Waals surface area contributed by atoms with Crippen LogP contribution in [0.2, 0.25) is 0 Å². The van der Waals surface area contributed by atoms with Crippen LogP contribution in [0.3, 0.4) is 0 Å². The molecule has 1 aromatic carbocycles. The minimum Gasteiger partial charge on any atom is -0.383 e. The molecule has 0 radical (unpaired) electrons. The Morgan fingerprint density at radius 3 is 2.71 bits per heavy atom. The molecule has 4 heteroatoms. The third kappa shape index (κ3) is 2.10. The zero-order chi connectivity index (χ0) is 15.2. The fraction of sp³-hybridized carbons (Fsp3) is 0.353. The molecule has 1 atom stereocenters. The number of hydrogen-bond acceptors (Lipinski definition) is 3. The van der Waals surface area contributed by atoms with Crippen LogP contribution in [-0.4, -0.2) is 17.6 Å². The van der Waals surface area contributed by atoms with Crippen LogP contribution in [0.1, 0.15) is 42.9 Å². The number of benzene rings is 1. The van der Waals surface area contributed by atoms with Crippen molar-refractivity contribution in [3.63, 3.8) is 0 Å². The van der Waals surface area contributed by atoms with Gasteiger partial charge in [-0.25, -0.2) is 0 Å². The maximum Gasteiger partial charge on any atom is 0.237 e. The van der Waals surface area contributed by atoms with Crippen molar-refractivity contribution in [3.8, 4) is 0 Å². The molecule has 0 spiro atoms. The number of aliphatic hydroxyl groups is 1. The summed E-state index contributed by atoms with van der Waals surface area (Å²) in [4.78, 5) is 15.2. The molecule has 1 unspecified atom stereocenters. The Bertz CT molecular complexity index is 676. The second kappa shape index (κ2) is 4.97. The van der Waals surface area contributed by atoms with Crippen molar-refractivity contribution in [2.75, 3.05) is 11.4 Å². The normalized spacial score (nSPS) is 17.9. The number of rotatable bonds is 3. The van der Waals surface area contributed by atoms with Crippen molar-refractivity contribution in [1.29, 1.82) is 0 Å². The van der Waals surface area contributed by atoms with Crippen LogP contribution in [0.4, 0.5) is 5.69 Å². The van der Waals surface area contributed by atoms with E-state index in [4.69, 9.17) is 0 Å². The molecular weight excluding hydrogens is 282 g/mol. The number of likely N-dealkylation sites (N-methyl/N-ethyl adjacent to an activating group) is 1. The number of carbonyl (C=O) groups is 1. The highest BCUT2D eigenvalue weighted by Crippen LogP contribution is 2.43. The fourth-order valence-electron chi connectivity index (χ4n) is 2.95. The van der Waals surface area contributed by atoms with Gasteiger partial charge in [-0.3, -0.25) is 4.79 Å². The summed E-state index contributed by atoms with van der Waals surface area (Å²) < 4.78 is 0. The topological polar surface area (TPSA) is 40.5 Å². The summed E-state index contributed by atoms with van der Waals surface area (Å²) in [6.07, 6.45) is -0.628. The van der Waals surface area contributed by atoms with Gasteiger partial charge in [0.05, 0.1) is 5.41 Å². The van der Waals surface area contributed by atoms with E-state index in [0.717, 1.165) is 21.7 Å². The maximum atomic E-state index is 12.5. The average molecular weight is 301 g/mol. The zero-order valence-electron chi connectivity index (χ0n) is 12.5. The Labute approximate surface area is 128 Å². The maximum absolute atomic E-state index is 12.5. The van der Waals surface area contributed by atoms with Crippen molar-refractivity contribution in [2.24, 2.45) is 0 Å². The first-order valence-corrected chi connectivity index (χ1v) is 8.02. The standard InChI is InChI=1S/C17H19NO2S/c1-4-18-13-8-7-11(15(19)14-6-5-9-21-14)10-12(13)17(2,3)16(18)20/h5-10,15,19H,4H2,1-3H3. The molecule has 3 rings (SSSR count). The first-order chi connectivity index (χ1) is 9.96. The van der Waals surface area contributed by atoms with Gasteiger partial charge in [-0.15, -0.1) is 11.3 Å². The van der Waals surface area contributed by atoms with Gasteiger partial charge in [0, 0.05) is 17.1 Å². The van der Waals surface area contributed by atoms with Crippen molar-refractivity contribution >= 4 is 22.9 Å². The molecule has 1 amide bonds. The van der Waals surface area contributed by atoms with E-state index in [1.807, 2.05) is 61.4 Å². The second-order valence-electron chi connectivity index (χ2n) is 5.87. The molecule has 110 valence electrons. The molecule has 1 aliphatic heterocycles. The Morgan fingerprint density at radius 2 is 2.10 bits per heavy atom. The van der Waals surface area contributed by atoms with Gasteiger partial charge in [0.2, 0.25) is 5.91 Å². The molecule has 0 fully saturated rings. The summed E-state index contributed by atoms with van der Waals surface area (Å²) in [7, 11) is 0. The number of nitrogens with zero attached hydrogens (tertiary/aromatic N) is 1. The summed E-state index contributed by atoms with van der Waals surface area (Å²) in [6.45, 7) is 6.55. The lowest BCUT2D eigenvalue weighted by Crippen LogP contribution is -2.35. The SMILES string of the molecule is CCN1C(=O)C(C)(C)c2cc(C(O)c3cccs3)ccc21. The third-order valence-electron chi connectivity index (χ3n) is 4.21. The lowest BCUT2D eigenvalue weighted by molar-refractivity contribution is -0.122. The number of amides is 1. The number of fused-ring (bicyclic) bond motifs is 1. The Kier molecular flexibility index (Phi) is 3.38. The minimum absolute atomic E-state index is 0.128. The molecule has 0 saturated heterocycles. The summed E-state index contributed by atoms with van der Waals surface area (Å²) in [5.74, 6) is 0.128. The molecule has 1 N–H and O–H groups in total. The monoisotopic (exact) mass is 301 g/mol. The van der Waals surface area contributed by atoms with Gasteiger partial charge in [0.1, 0.15) is 6.10 Å². The first-order valence-electron chi connectivity index (χ1n) is 7.14. The van der Waals surface area contributed by atoms with Crippen molar-refractivity contribution < 1.29 is 9.90 Å². The van der Waals surface area contributed by atoms with Crippen LogP contribution < -0.4 is 4.90 Å². The second-order valence-corrected chi connectivity index (χ2v) is 6.85. The number of thiophene rings is 1. The largest absolute Gasteiger partial charge is 0.383 e. The number of hydrogen-bond donors (Lipinski definition) is 1. The molecule has 0 bridgehead atoms. The number of aliphatic hydroxyl groups excluding tert-OH is 1. The third-order valence-corrected chi connectivity index (χ3v) is 5.13.